The van der Waals surface area contributed by atoms with Crippen molar-refractivity contribution in [3.05, 3.63) is 47.3 Å². The molecule has 0 saturated carbocycles. The average molecular weight is 466 g/mol. The molecule has 0 fully saturated rings. The minimum Gasteiger partial charge on any atom is -0.444 e. The van der Waals surface area contributed by atoms with Crippen LogP contribution >= 0.6 is 0 Å². The molecular weight excluding hydrogens is 426 g/mol. The van der Waals surface area contributed by atoms with E-state index < -0.39 is 11.7 Å². The molecule has 3 rings (SSSR count). The lowest BCUT2D eigenvalue weighted by Gasteiger charge is -2.20. The van der Waals surface area contributed by atoms with Crippen LogP contribution in [0.2, 0.25) is 0 Å². The number of nitrogens with one attached hydrogen (secondary N) is 1. The van der Waals surface area contributed by atoms with Gasteiger partial charge in [-0.2, -0.15) is 0 Å². The molecule has 184 valence electrons. The Balaban J connectivity index is 0.00000199. The third kappa shape index (κ3) is 6.43. The fourth-order valence-corrected chi connectivity index (χ4v) is 3.80. The lowest BCUT2D eigenvalue weighted by Crippen LogP contribution is -2.27. The zero-order valence-electron chi connectivity index (χ0n) is 22.1. The van der Waals surface area contributed by atoms with Gasteiger partial charge in [-0.15, -0.1) is 0 Å². The van der Waals surface area contributed by atoms with Crippen molar-refractivity contribution in [2.24, 2.45) is 4.99 Å². The van der Waals surface area contributed by atoms with Gasteiger partial charge < -0.3 is 9.30 Å². The van der Waals surface area contributed by atoms with Gasteiger partial charge in [0.15, 0.2) is 0 Å². The molecule has 3 aromatic rings. The van der Waals surface area contributed by atoms with Crippen LogP contribution in [0.3, 0.4) is 0 Å². The zero-order valence-corrected chi connectivity index (χ0v) is 22.1. The van der Waals surface area contributed by atoms with E-state index in [4.69, 9.17) is 4.74 Å². The molecule has 0 unspecified atom stereocenters. The first-order valence-corrected chi connectivity index (χ1v) is 12.1. The van der Waals surface area contributed by atoms with Crippen LogP contribution in [-0.4, -0.2) is 33.3 Å². The summed E-state index contributed by atoms with van der Waals surface area (Å²) >= 11 is 0. The van der Waals surface area contributed by atoms with Crippen molar-refractivity contribution in [2.45, 2.75) is 80.4 Å². The van der Waals surface area contributed by atoms with Crippen LogP contribution in [0, 0.1) is 6.92 Å². The van der Waals surface area contributed by atoms with E-state index in [0.29, 0.717) is 12.4 Å². The number of rotatable bonds is 5. The summed E-state index contributed by atoms with van der Waals surface area (Å²) in [7, 11) is 1.80. The van der Waals surface area contributed by atoms with Crippen molar-refractivity contribution in [2.75, 3.05) is 12.4 Å². The normalized spacial score (nSPS) is 11.7. The number of carbonyl (C=O) groups excluding carboxylic acids is 1. The highest BCUT2D eigenvalue weighted by atomic mass is 16.6. The van der Waals surface area contributed by atoms with Crippen LogP contribution in [0.25, 0.3) is 22.0 Å². The monoisotopic (exact) mass is 465 g/mol. The van der Waals surface area contributed by atoms with Gasteiger partial charge >= 0.3 is 6.09 Å². The van der Waals surface area contributed by atoms with Crippen LogP contribution in [-0.2, 0) is 17.7 Å². The average Bonchev–Trinajstić information content (AvgIpc) is 2.78. The predicted molar refractivity (Wildman–Crippen MR) is 140 cm³/mol. The highest BCUT2D eigenvalue weighted by Crippen LogP contribution is 2.25. The number of aryl methyl sites for hydroxylation is 3. The van der Waals surface area contributed by atoms with Gasteiger partial charge in [0.2, 0.25) is 0 Å². The summed E-state index contributed by atoms with van der Waals surface area (Å²) in [5, 5.41) is 3.69. The van der Waals surface area contributed by atoms with Gasteiger partial charge in [0.05, 0.1) is 5.52 Å². The Bertz CT molecular complexity index is 1210. The van der Waals surface area contributed by atoms with Gasteiger partial charge in [0.1, 0.15) is 16.9 Å². The summed E-state index contributed by atoms with van der Waals surface area (Å²) in [6.07, 6.45) is 5.22. The highest BCUT2D eigenvalue weighted by molar-refractivity contribution is 5.89. The van der Waals surface area contributed by atoms with Crippen LogP contribution < -0.4 is 10.8 Å². The maximum Gasteiger partial charge on any atom is 0.413 e. The molecule has 0 aliphatic heterocycles. The summed E-state index contributed by atoms with van der Waals surface area (Å²) in [4.78, 5) is 25.9. The highest BCUT2D eigenvalue weighted by Gasteiger charge is 2.17. The first-order chi connectivity index (χ1) is 16.2. The van der Waals surface area contributed by atoms with Crippen molar-refractivity contribution >= 4 is 22.8 Å². The minimum absolute atomic E-state index is 0.436. The molecule has 0 spiro atoms. The molecule has 7 heteroatoms. The second-order valence-corrected chi connectivity index (χ2v) is 8.85. The number of pyridine rings is 3. The summed E-state index contributed by atoms with van der Waals surface area (Å²) in [6, 6.07) is 6.11. The number of fused-ring (bicyclic) bond motifs is 1. The Morgan fingerprint density at radius 2 is 1.79 bits per heavy atom. The predicted octanol–water partition coefficient (Wildman–Crippen LogP) is 6.28. The van der Waals surface area contributed by atoms with Crippen molar-refractivity contribution in [3.8, 4) is 11.1 Å². The number of hydrogen-bond donors (Lipinski definition) is 1. The molecule has 0 radical (unpaired) electrons. The van der Waals surface area contributed by atoms with E-state index in [0.717, 1.165) is 46.1 Å². The molecule has 0 aromatic carbocycles. The fraction of sp³-hybridized carbons (Fsp3) is 0.481. The van der Waals surface area contributed by atoms with Gasteiger partial charge in [-0.1, -0.05) is 27.2 Å². The number of ether oxygens (including phenoxy) is 1. The lowest BCUT2D eigenvalue weighted by molar-refractivity contribution is 0.0635. The Morgan fingerprint density at radius 1 is 1.09 bits per heavy atom. The van der Waals surface area contributed by atoms with E-state index in [1.807, 2.05) is 46.9 Å². The first kappa shape index (κ1) is 27.0. The minimum atomic E-state index is -0.577. The van der Waals surface area contributed by atoms with E-state index in [-0.39, 0.29) is 0 Å². The summed E-state index contributed by atoms with van der Waals surface area (Å²) in [5.74, 6) is 0.436. The van der Waals surface area contributed by atoms with E-state index in [2.05, 4.69) is 57.7 Å². The van der Waals surface area contributed by atoms with E-state index in [9.17, 15) is 4.79 Å². The van der Waals surface area contributed by atoms with E-state index in [1.54, 1.807) is 13.2 Å². The van der Waals surface area contributed by atoms with Gasteiger partial charge in [-0.05, 0) is 58.7 Å². The number of nitrogens with zero attached hydrogens (tertiary/aromatic N) is 4. The Labute approximate surface area is 203 Å². The summed E-state index contributed by atoms with van der Waals surface area (Å²) in [5.41, 5.74) is 5.58. The van der Waals surface area contributed by atoms with Gasteiger partial charge in [0.25, 0.3) is 0 Å². The number of amides is 1. The standard InChI is InChI=1S/C25H33N5O2.C2H6/c1-8-10-18-11-16(3)20(15-27-18)19-12-17-14-28-22(29-24(31)32-25(4,5)6)13-21(17)30(9-2)23(19)26-7;1-2/h11-15H,8-10H2,1-7H3,(H,28,29,31);1-2H3. The second-order valence-electron chi connectivity index (χ2n) is 8.85. The zero-order chi connectivity index (χ0) is 25.5. The Kier molecular flexibility index (Phi) is 9.36. The van der Waals surface area contributed by atoms with Crippen LogP contribution in [0.1, 0.15) is 66.1 Å². The first-order valence-electron chi connectivity index (χ1n) is 12.1. The van der Waals surface area contributed by atoms with Gasteiger partial charge in [0, 0.05) is 54.3 Å². The van der Waals surface area contributed by atoms with Gasteiger partial charge in [-0.3, -0.25) is 15.3 Å². The maximum absolute atomic E-state index is 12.2. The SMILES string of the molecule is CC.CCCc1cc(C)c(-c2cc3cnc(NC(=O)OC(C)(C)C)cc3n(CC)c2=NC)cn1. The Morgan fingerprint density at radius 3 is 2.35 bits per heavy atom. The molecule has 0 saturated heterocycles. The summed E-state index contributed by atoms with van der Waals surface area (Å²) in [6.45, 7) is 16.5. The molecule has 0 aliphatic carbocycles. The van der Waals surface area contributed by atoms with Crippen molar-refractivity contribution in [1.29, 1.82) is 0 Å². The third-order valence-corrected chi connectivity index (χ3v) is 5.12. The van der Waals surface area contributed by atoms with Crippen LogP contribution in [0.4, 0.5) is 10.6 Å². The molecule has 7 nitrogen and oxygen atoms in total. The lowest BCUT2D eigenvalue weighted by atomic mass is 10.0. The molecule has 0 aliphatic rings. The topological polar surface area (TPSA) is 81.4 Å². The van der Waals surface area contributed by atoms with E-state index in [1.165, 1.54) is 5.56 Å². The smallest absolute Gasteiger partial charge is 0.413 e. The molecule has 3 heterocycles. The molecule has 0 atom stereocenters. The van der Waals surface area contributed by atoms with Crippen molar-refractivity contribution < 1.29 is 9.53 Å². The second kappa shape index (κ2) is 11.8. The maximum atomic E-state index is 12.2. The van der Waals surface area contributed by atoms with Crippen molar-refractivity contribution in [3.63, 3.8) is 0 Å². The summed E-state index contributed by atoms with van der Waals surface area (Å²) < 4.78 is 7.48. The number of aromatic nitrogens is 3. The molecule has 34 heavy (non-hydrogen) atoms. The van der Waals surface area contributed by atoms with Gasteiger partial charge in [-0.25, -0.2) is 9.78 Å². The molecule has 0 bridgehead atoms. The van der Waals surface area contributed by atoms with E-state index >= 15 is 0 Å². The number of carbonyl (C=O) groups is 1. The van der Waals surface area contributed by atoms with Crippen molar-refractivity contribution in [1.82, 2.24) is 14.5 Å². The molecule has 3 aromatic heterocycles. The molecular formula is C27H39N5O2. The quantitative estimate of drug-likeness (QED) is 0.480. The van der Waals surface area contributed by atoms with Crippen LogP contribution in [0.5, 0.6) is 0 Å². The number of anilines is 1. The molecule has 1 amide bonds. The molecule has 1 N–H and O–H groups in total. The largest absolute Gasteiger partial charge is 0.444 e. The Hall–Kier alpha value is -3.22. The third-order valence-electron chi connectivity index (χ3n) is 5.12. The van der Waals surface area contributed by atoms with Crippen LogP contribution in [0.15, 0.2) is 35.6 Å². The fourth-order valence-electron chi connectivity index (χ4n) is 3.80. The number of hydrogen-bond acceptors (Lipinski definition) is 5.